The highest BCUT2D eigenvalue weighted by molar-refractivity contribution is 7.47. The maximum Gasteiger partial charge on any atom is 0.472 e. The molecule has 0 rings (SSSR count). The zero-order chi connectivity index (χ0) is 39.8. The van der Waals surface area contributed by atoms with Gasteiger partial charge in [0.25, 0.3) is 0 Å². The summed E-state index contributed by atoms with van der Waals surface area (Å²) in [6.45, 7) is 3.86. The smallest absolute Gasteiger partial charge is 0.472 e. The number of aliphatic carboxylic acids is 1. The fourth-order valence-electron chi connectivity index (χ4n) is 6.00. The number of carboxylic acid groups (broad SMARTS) is 1. The van der Waals surface area contributed by atoms with Gasteiger partial charge >= 0.3 is 19.8 Å². The van der Waals surface area contributed by atoms with E-state index in [0.717, 1.165) is 51.4 Å². The molecule has 0 amide bonds. The molecule has 0 aliphatic carbocycles. The van der Waals surface area contributed by atoms with Gasteiger partial charge in [-0.15, -0.1) is 0 Å². The van der Waals surface area contributed by atoms with E-state index in [2.05, 4.69) is 38.2 Å². The molecule has 10 nitrogen and oxygen atoms in total. The largest absolute Gasteiger partial charge is 0.480 e. The molecule has 0 bridgehead atoms. The van der Waals surface area contributed by atoms with E-state index in [1.54, 1.807) is 0 Å². The van der Waals surface area contributed by atoms with E-state index in [1.165, 1.54) is 122 Å². The second-order valence-electron chi connectivity index (χ2n) is 14.8. The molecule has 3 atom stereocenters. The number of phosphoric acid groups is 1. The SMILES string of the molecule is CCCCCCC/C=C\CCCCCCCC(=O)OC(COCCCCCCCCCC/C=C\CCCCCCCC)COP(=O)(O)OCC(N)C(=O)O. The Bertz CT molecular complexity index is 961. The Labute approximate surface area is 330 Å². The van der Waals surface area contributed by atoms with Crippen LogP contribution in [-0.2, 0) is 32.7 Å². The average Bonchev–Trinajstić information content (AvgIpc) is 3.15. The summed E-state index contributed by atoms with van der Waals surface area (Å²) in [7, 11) is -4.61. The van der Waals surface area contributed by atoms with Crippen molar-refractivity contribution in [3.8, 4) is 0 Å². The van der Waals surface area contributed by atoms with Crippen LogP contribution in [0.25, 0.3) is 0 Å². The number of phosphoric ester groups is 1. The summed E-state index contributed by atoms with van der Waals surface area (Å²) < 4.78 is 33.3. The van der Waals surface area contributed by atoms with Crippen molar-refractivity contribution < 1.29 is 42.7 Å². The number of rotatable bonds is 42. The van der Waals surface area contributed by atoms with Crippen LogP contribution in [0.4, 0.5) is 0 Å². The summed E-state index contributed by atoms with van der Waals surface area (Å²) in [4.78, 5) is 33.5. The van der Waals surface area contributed by atoms with E-state index in [4.69, 9.17) is 29.4 Å². The first-order chi connectivity index (χ1) is 26.2. The third kappa shape index (κ3) is 38.7. The minimum absolute atomic E-state index is 0.0139. The number of carbonyl (C=O) groups excluding carboxylic acids is 1. The van der Waals surface area contributed by atoms with Crippen LogP contribution in [0, 0.1) is 0 Å². The van der Waals surface area contributed by atoms with E-state index in [1.807, 2.05) is 0 Å². The molecule has 0 aromatic rings. The van der Waals surface area contributed by atoms with Gasteiger partial charge in [-0.1, -0.05) is 154 Å². The fourth-order valence-corrected chi connectivity index (χ4v) is 6.78. The number of carbonyl (C=O) groups is 2. The van der Waals surface area contributed by atoms with Crippen molar-refractivity contribution in [1.82, 2.24) is 0 Å². The summed E-state index contributed by atoms with van der Waals surface area (Å²) in [5.74, 6) is -1.78. The first kappa shape index (κ1) is 52.5. The van der Waals surface area contributed by atoms with Gasteiger partial charge in [0.2, 0.25) is 0 Å². The number of hydrogen-bond donors (Lipinski definition) is 3. The molecule has 318 valence electrons. The predicted molar refractivity (Wildman–Crippen MR) is 222 cm³/mol. The first-order valence-electron chi connectivity index (χ1n) is 21.9. The Hall–Kier alpha value is -1.55. The van der Waals surface area contributed by atoms with Crippen molar-refractivity contribution in [2.75, 3.05) is 26.4 Å². The minimum atomic E-state index is -4.61. The van der Waals surface area contributed by atoms with Gasteiger partial charge in [-0.05, 0) is 64.2 Å². The number of carboxylic acids is 1. The van der Waals surface area contributed by atoms with E-state index in [-0.39, 0.29) is 13.0 Å². The van der Waals surface area contributed by atoms with Gasteiger partial charge in [-0.2, -0.15) is 0 Å². The zero-order valence-electron chi connectivity index (χ0n) is 34.6. The Morgan fingerprint density at radius 2 is 0.963 bits per heavy atom. The molecule has 0 saturated carbocycles. The predicted octanol–water partition coefficient (Wildman–Crippen LogP) is 11.9. The molecule has 0 saturated heterocycles. The normalized spacial score (nSPS) is 14.1. The number of hydrogen-bond acceptors (Lipinski definition) is 8. The van der Waals surface area contributed by atoms with Crippen LogP contribution in [0.15, 0.2) is 24.3 Å². The lowest BCUT2D eigenvalue weighted by Crippen LogP contribution is -2.34. The maximum atomic E-state index is 12.6. The highest BCUT2D eigenvalue weighted by atomic mass is 31.2. The van der Waals surface area contributed by atoms with Gasteiger partial charge in [-0.3, -0.25) is 18.6 Å². The number of unbranched alkanes of at least 4 members (excludes halogenated alkanes) is 24. The van der Waals surface area contributed by atoms with Crippen molar-refractivity contribution in [1.29, 1.82) is 0 Å². The molecule has 0 aromatic carbocycles. The Kier molecular flexibility index (Phi) is 38.5. The maximum absolute atomic E-state index is 12.6. The number of allylic oxidation sites excluding steroid dienone is 4. The molecule has 0 aliphatic rings. The summed E-state index contributed by atoms with van der Waals surface area (Å²) >= 11 is 0. The van der Waals surface area contributed by atoms with Crippen molar-refractivity contribution in [3.63, 3.8) is 0 Å². The molecule has 54 heavy (non-hydrogen) atoms. The van der Waals surface area contributed by atoms with Crippen LogP contribution >= 0.6 is 7.82 Å². The first-order valence-corrected chi connectivity index (χ1v) is 23.4. The third-order valence-electron chi connectivity index (χ3n) is 9.45. The summed E-state index contributed by atoms with van der Waals surface area (Å²) in [6.07, 6.45) is 42.2. The van der Waals surface area contributed by atoms with E-state index in [9.17, 15) is 19.0 Å². The van der Waals surface area contributed by atoms with Gasteiger partial charge in [0.15, 0.2) is 0 Å². The summed E-state index contributed by atoms with van der Waals surface area (Å²) in [5.41, 5.74) is 5.35. The van der Waals surface area contributed by atoms with Crippen LogP contribution in [0.5, 0.6) is 0 Å². The molecule has 11 heteroatoms. The Morgan fingerprint density at radius 1 is 0.574 bits per heavy atom. The van der Waals surface area contributed by atoms with Crippen LogP contribution in [-0.4, -0.2) is 60.5 Å². The second-order valence-corrected chi connectivity index (χ2v) is 16.3. The van der Waals surface area contributed by atoms with Gasteiger partial charge in [0.1, 0.15) is 12.1 Å². The highest BCUT2D eigenvalue weighted by Crippen LogP contribution is 2.43. The number of nitrogens with two attached hydrogens (primary N) is 1. The number of esters is 1. The van der Waals surface area contributed by atoms with Crippen LogP contribution in [0.3, 0.4) is 0 Å². The van der Waals surface area contributed by atoms with Crippen molar-refractivity contribution >= 4 is 19.8 Å². The molecular formula is C43H82NO9P. The lowest BCUT2D eigenvalue weighted by Gasteiger charge is -2.20. The minimum Gasteiger partial charge on any atom is -0.480 e. The van der Waals surface area contributed by atoms with E-state index in [0.29, 0.717) is 13.0 Å². The molecule has 0 aromatic heterocycles. The van der Waals surface area contributed by atoms with Crippen molar-refractivity contribution in [2.24, 2.45) is 5.73 Å². The van der Waals surface area contributed by atoms with Crippen molar-refractivity contribution in [2.45, 2.75) is 212 Å². The molecule has 0 spiro atoms. The number of ether oxygens (including phenoxy) is 2. The molecular weight excluding hydrogens is 705 g/mol. The molecule has 0 heterocycles. The second kappa shape index (κ2) is 39.7. The van der Waals surface area contributed by atoms with Crippen LogP contribution in [0.2, 0.25) is 0 Å². The van der Waals surface area contributed by atoms with E-state index < -0.39 is 45.1 Å². The summed E-state index contributed by atoms with van der Waals surface area (Å²) in [5, 5.41) is 8.89. The molecule has 4 N–H and O–H groups in total. The topological polar surface area (TPSA) is 155 Å². The highest BCUT2D eigenvalue weighted by Gasteiger charge is 2.27. The molecule has 0 aliphatic heterocycles. The zero-order valence-corrected chi connectivity index (χ0v) is 35.5. The quantitative estimate of drug-likeness (QED) is 0.0236. The molecule has 0 fully saturated rings. The Balaban J connectivity index is 4.23. The fraction of sp³-hybridized carbons (Fsp3) is 0.860. The lowest BCUT2D eigenvalue weighted by atomic mass is 10.1. The summed E-state index contributed by atoms with van der Waals surface area (Å²) in [6, 6.07) is -1.47. The molecule has 0 radical (unpaired) electrons. The van der Waals surface area contributed by atoms with Gasteiger partial charge in [0, 0.05) is 13.0 Å². The van der Waals surface area contributed by atoms with Gasteiger partial charge < -0.3 is 25.2 Å². The van der Waals surface area contributed by atoms with Gasteiger partial charge in [-0.25, -0.2) is 4.57 Å². The third-order valence-corrected chi connectivity index (χ3v) is 10.4. The Morgan fingerprint density at radius 3 is 1.41 bits per heavy atom. The molecule has 3 unspecified atom stereocenters. The van der Waals surface area contributed by atoms with E-state index >= 15 is 0 Å². The van der Waals surface area contributed by atoms with Crippen LogP contribution < -0.4 is 5.73 Å². The monoisotopic (exact) mass is 788 g/mol. The van der Waals surface area contributed by atoms with Gasteiger partial charge in [0.05, 0.1) is 19.8 Å². The average molecular weight is 788 g/mol. The lowest BCUT2D eigenvalue weighted by molar-refractivity contribution is -0.154. The van der Waals surface area contributed by atoms with Crippen molar-refractivity contribution in [3.05, 3.63) is 24.3 Å². The standard InChI is InChI=1S/C43H82NO9P/c1-3-5-7-9-11-13-15-17-19-20-21-22-24-26-28-30-32-34-36-50-37-40(38-51-54(48,49)52-39-41(44)43(46)47)53-42(45)35-33-31-29-27-25-23-18-16-14-12-10-8-6-4-2/h16-19,40-41H,3-15,20-39,44H2,1-2H3,(H,46,47)(H,48,49)/b18-16-,19-17-. The van der Waals surface area contributed by atoms with Crippen LogP contribution in [0.1, 0.15) is 200 Å².